The topological polar surface area (TPSA) is 40.9 Å². The first-order chi connectivity index (χ1) is 3.30. The highest BCUT2D eigenvalue weighted by molar-refractivity contribution is 8.16. The van der Waals surface area contributed by atoms with Gasteiger partial charge in [-0.05, 0) is 0 Å². The fourth-order valence-corrected chi connectivity index (χ4v) is 1.20. The molecule has 1 heterocycles. The first kappa shape index (κ1) is 4.84. The Bertz CT molecular complexity index is 107. The van der Waals surface area contributed by atoms with Crippen LogP contribution in [0.2, 0.25) is 0 Å². The lowest BCUT2D eigenvalue weighted by Gasteiger charge is -1.76. The van der Waals surface area contributed by atoms with E-state index in [4.69, 9.17) is 5.41 Å². The average molecular weight is 115 g/mol. The van der Waals surface area contributed by atoms with Crippen molar-refractivity contribution in [2.45, 2.75) is 6.42 Å². The zero-order valence-corrected chi connectivity index (χ0v) is 4.55. The highest BCUT2D eigenvalue weighted by Gasteiger charge is 2.16. The van der Waals surface area contributed by atoms with Crippen LogP contribution in [0.4, 0.5) is 0 Å². The van der Waals surface area contributed by atoms with Crippen LogP contribution in [-0.4, -0.2) is 16.6 Å². The van der Waals surface area contributed by atoms with Crippen molar-refractivity contribution in [2.75, 3.05) is 5.75 Å². The summed E-state index contributed by atoms with van der Waals surface area (Å²) in [6.45, 7) is 0. The summed E-state index contributed by atoms with van der Waals surface area (Å²) in [5.74, 6) is 0.817. The molecule has 0 amide bonds. The maximum absolute atomic E-state index is 10.3. The van der Waals surface area contributed by atoms with Crippen molar-refractivity contribution in [3.63, 3.8) is 0 Å². The molecule has 1 aliphatic rings. The summed E-state index contributed by atoms with van der Waals surface area (Å²) in [6.07, 6.45) is 0.670. The van der Waals surface area contributed by atoms with Crippen LogP contribution in [0.3, 0.4) is 0 Å². The number of carbonyl (C=O) groups excluding carboxylic acids is 1. The lowest BCUT2D eigenvalue weighted by Crippen LogP contribution is -1.97. The van der Waals surface area contributed by atoms with Crippen LogP contribution in [0.15, 0.2) is 0 Å². The molecular formula is C4H5NOS. The van der Waals surface area contributed by atoms with Gasteiger partial charge in [-0.2, -0.15) is 0 Å². The monoisotopic (exact) mass is 115 g/mol. The fraction of sp³-hybridized carbons (Fsp3) is 0.500. The van der Waals surface area contributed by atoms with E-state index >= 15 is 0 Å². The molecule has 2 nitrogen and oxygen atoms in total. The van der Waals surface area contributed by atoms with Crippen LogP contribution < -0.4 is 0 Å². The Kier molecular flexibility index (Phi) is 1.15. The predicted octanol–water partition coefficient (Wildman–Crippen LogP) is 0.670. The smallest absolute Gasteiger partial charge is 0.232 e. The molecule has 38 valence electrons. The molecule has 7 heavy (non-hydrogen) atoms. The minimum absolute atomic E-state index is 0.0417. The van der Waals surface area contributed by atoms with Crippen molar-refractivity contribution in [2.24, 2.45) is 0 Å². The van der Waals surface area contributed by atoms with Gasteiger partial charge in [-0.15, -0.1) is 0 Å². The molecular weight excluding hydrogens is 110 g/mol. The Morgan fingerprint density at radius 3 is 2.57 bits per heavy atom. The van der Waals surface area contributed by atoms with E-state index in [0.29, 0.717) is 6.42 Å². The van der Waals surface area contributed by atoms with Crippen LogP contribution in [0.1, 0.15) is 6.42 Å². The van der Waals surface area contributed by atoms with E-state index in [2.05, 4.69) is 0 Å². The summed E-state index contributed by atoms with van der Waals surface area (Å²) in [5, 5.41) is 6.84. The molecule has 0 atom stereocenters. The second-order valence-corrected chi connectivity index (χ2v) is 2.43. The molecule has 0 aromatic carbocycles. The summed E-state index contributed by atoms with van der Waals surface area (Å²) in [7, 11) is 0. The molecule has 0 spiro atoms. The number of thioether (sulfide) groups is 1. The number of rotatable bonds is 0. The summed E-state index contributed by atoms with van der Waals surface area (Å²) in [5.41, 5.74) is 0.282. The number of hydrogen-bond acceptors (Lipinski definition) is 3. The average Bonchev–Trinajstić information content (AvgIpc) is 1.91. The van der Waals surface area contributed by atoms with Gasteiger partial charge in [0.05, 0.1) is 5.71 Å². The molecule has 3 heteroatoms. The minimum atomic E-state index is -0.0417. The van der Waals surface area contributed by atoms with Gasteiger partial charge in [0, 0.05) is 12.2 Å². The largest absolute Gasteiger partial charge is 0.301 e. The van der Waals surface area contributed by atoms with Gasteiger partial charge in [0.15, 0.2) is 0 Å². The second-order valence-electron chi connectivity index (χ2n) is 1.36. The van der Waals surface area contributed by atoms with Gasteiger partial charge in [-0.25, -0.2) is 0 Å². The molecule has 1 aliphatic heterocycles. The molecule has 0 saturated carbocycles. The van der Waals surface area contributed by atoms with E-state index in [1.165, 1.54) is 11.8 Å². The van der Waals surface area contributed by atoms with E-state index in [1.807, 2.05) is 0 Å². The summed E-state index contributed by atoms with van der Waals surface area (Å²) in [6, 6.07) is 0. The van der Waals surface area contributed by atoms with Crippen LogP contribution in [-0.2, 0) is 4.79 Å². The quantitative estimate of drug-likeness (QED) is 0.504. The third-order valence-corrected chi connectivity index (χ3v) is 1.75. The Labute approximate surface area is 45.8 Å². The lowest BCUT2D eigenvalue weighted by atomic mass is 10.3. The molecule has 1 fully saturated rings. The first-order valence-electron chi connectivity index (χ1n) is 2.05. The van der Waals surface area contributed by atoms with Gasteiger partial charge in [0.1, 0.15) is 0 Å². The molecule has 0 aliphatic carbocycles. The van der Waals surface area contributed by atoms with Crippen molar-refractivity contribution < 1.29 is 4.79 Å². The van der Waals surface area contributed by atoms with E-state index in [9.17, 15) is 4.79 Å². The molecule has 0 aromatic rings. The number of nitrogens with one attached hydrogen (secondary N) is 1. The molecule has 0 bridgehead atoms. The van der Waals surface area contributed by atoms with E-state index in [0.717, 1.165) is 5.75 Å². The standard InChI is InChI=1S/C4H5NOS/c5-3-1-2-7-4(3)6/h5H,1-2H2. The molecule has 0 aromatic heterocycles. The predicted molar refractivity (Wildman–Crippen MR) is 29.8 cm³/mol. The highest BCUT2D eigenvalue weighted by Crippen LogP contribution is 2.14. The van der Waals surface area contributed by atoms with Crippen molar-refractivity contribution in [3.05, 3.63) is 0 Å². The van der Waals surface area contributed by atoms with Crippen molar-refractivity contribution in [3.8, 4) is 0 Å². The Hall–Kier alpha value is -0.310. The van der Waals surface area contributed by atoms with E-state index in [-0.39, 0.29) is 10.8 Å². The Morgan fingerprint density at radius 1 is 1.71 bits per heavy atom. The van der Waals surface area contributed by atoms with Gasteiger partial charge >= 0.3 is 0 Å². The van der Waals surface area contributed by atoms with E-state index in [1.54, 1.807) is 0 Å². The summed E-state index contributed by atoms with van der Waals surface area (Å²) in [4.78, 5) is 10.3. The minimum Gasteiger partial charge on any atom is -0.301 e. The van der Waals surface area contributed by atoms with Gasteiger partial charge in [-0.3, -0.25) is 4.79 Å². The van der Waals surface area contributed by atoms with Crippen LogP contribution in [0.25, 0.3) is 0 Å². The zero-order valence-electron chi connectivity index (χ0n) is 3.73. The number of hydrogen-bond donors (Lipinski definition) is 1. The van der Waals surface area contributed by atoms with Gasteiger partial charge in [0.25, 0.3) is 0 Å². The Balaban J connectivity index is 2.65. The van der Waals surface area contributed by atoms with Gasteiger partial charge in [-0.1, -0.05) is 11.8 Å². The molecule has 0 radical (unpaired) electrons. The van der Waals surface area contributed by atoms with Crippen LogP contribution >= 0.6 is 11.8 Å². The van der Waals surface area contributed by atoms with Crippen molar-refractivity contribution in [1.82, 2.24) is 0 Å². The molecule has 1 saturated heterocycles. The van der Waals surface area contributed by atoms with Crippen molar-refractivity contribution >= 4 is 22.6 Å². The molecule has 1 rings (SSSR count). The third-order valence-electron chi connectivity index (χ3n) is 0.832. The Morgan fingerprint density at radius 2 is 2.43 bits per heavy atom. The maximum atomic E-state index is 10.3. The van der Waals surface area contributed by atoms with Gasteiger partial charge < -0.3 is 5.41 Å². The second kappa shape index (κ2) is 1.66. The van der Waals surface area contributed by atoms with Crippen LogP contribution in [0, 0.1) is 5.41 Å². The third kappa shape index (κ3) is 0.825. The molecule has 1 N–H and O–H groups in total. The molecule has 0 unspecified atom stereocenters. The van der Waals surface area contributed by atoms with Crippen molar-refractivity contribution in [1.29, 1.82) is 5.41 Å². The van der Waals surface area contributed by atoms with Crippen LogP contribution in [0.5, 0.6) is 0 Å². The zero-order chi connectivity index (χ0) is 5.28. The fourth-order valence-electron chi connectivity index (χ4n) is 0.435. The maximum Gasteiger partial charge on any atom is 0.232 e. The summed E-state index contributed by atoms with van der Waals surface area (Å²) >= 11 is 1.24. The highest BCUT2D eigenvalue weighted by atomic mass is 32.2. The SMILES string of the molecule is N=C1CCSC1=O. The lowest BCUT2D eigenvalue weighted by molar-refractivity contribution is -0.105. The normalized spacial score (nSPS) is 21.1. The van der Waals surface area contributed by atoms with Gasteiger partial charge in [0.2, 0.25) is 5.12 Å². The first-order valence-corrected chi connectivity index (χ1v) is 3.04. The summed E-state index contributed by atoms with van der Waals surface area (Å²) < 4.78 is 0. The number of carbonyl (C=O) groups is 1. The van der Waals surface area contributed by atoms with E-state index < -0.39 is 0 Å².